The highest BCUT2D eigenvalue weighted by molar-refractivity contribution is 5.79. The molecule has 1 aliphatic carbocycles. The summed E-state index contributed by atoms with van der Waals surface area (Å²) in [6.45, 7) is 6.20. The van der Waals surface area contributed by atoms with Gasteiger partial charge in [-0.3, -0.25) is 4.79 Å². The van der Waals surface area contributed by atoms with Crippen LogP contribution in [0, 0.1) is 12.8 Å². The predicted molar refractivity (Wildman–Crippen MR) is 95.8 cm³/mol. The van der Waals surface area contributed by atoms with E-state index in [1.165, 1.54) is 32.1 Å². The van der Waals surface area contributed by atoms with Crippen LogP contribution in [0.15, 0.2) is 12.4 Å². The Kier molecular flexibility index (Phi) is 6.30. The van der Waals surface area contributed by atoms with Gasteiger partial charge in [0.1, 0.15) is 5.82 Å². The molecule has 1 saturated heterocycles. The van der Waals surface area contributed by atoms with E-state index in [0.29, 0.717) is 11.9 Å². The van der Waals surface area contributed by atoms with Gasteiger partial charge in [-0.25, -0.2) is 4.98 Å². The van der Waals surface area contributed by atoms with Gasteiger partial charge in [0.2, 0.25) is 5.91 Å². The molecule has 134 valence electrons. The molecule has 2 heterocycles. The van der Waals surface area contributed by atoms with Crippen LogP contribution < -0.4 is 5.32 Å². The molecule has 1 N–H and O–H groups in total. The minimum Gasteiger partial charge on any atom is -0.353 e. The minimum absolute atomic E-state index is 0.190. The Morgan fingerprint density at radius 1 is 1.21 bits per heavy atom. The minimum atomic E-state index is 0.190. The predicted octanol–water partition coefficient (Wildman–Crippen LogP) is 2.74. The van der Waals surface area contributed by atoms with Gasteiger partial charge in [0.25, 0.3) is 0 Å². The highest BCUT2D eigenvalue weighted by atomic mass is 16.2. The number of nitrogens with zero attached hydrogens (tertiary/aromatic N) is 3. The number of aryl methyl sites for hydroxylation is 2. The second-order valence-electron chi connectivity index (χ2n) is 7.50. The fraction of sp³-hybridized carbons (Fsp3) is 0.789. The van der Waals surface area contributed by atoms with Crippen molar-refractivity contribution in [2.75, 3.05) is 19.6 Å². The molecule has 1 aromatic rings. The molecule has 1 unspecified atom stereocenters. The van der Waals surface area contributed by atoms with Crippen LogP contribution in [0.5, 0.6) is 0 Å². The highest BCUT2D eigenvalue weighted by Gasteiger charge is 2.27. The maximum Gasteiger partial charge on any atom is 0.224 e. The molecule has 3 rings (SSSR count). The van der Waals surface area contributed by atoms with Crippen LogP contribution in [0.2, 0.25) is 0 Å². The van der Waals surface area contributed by atoms with Gasteiger partial charge in [0, 0.05) is 31.5 Å². The van der Waals surface area contributed by atoms with E-state index >= 15 is 0 Å². The lowest BCUT2D eigenvalue weighted by Crippen LogP contribution is -2.46. The second kappa shape index (κ2) is 8.65. The smallest absolute Gasteiger partial charge is 0.224 e. The molecule has 0 aromatic carbocycles. The van der Waals surface area contributed by atoms with Crippen molar-refractivity contribution in [3.63, 3.8) is 0 Å². The van der Waals surface area contributed by atoms with E-state index in [-0.39, 0.29) is 5.92 Å². The number of hydrogen-bond donors (Lipinski definition) is 1. The van der Waals surface area contributed by atoms with Crippen molar-refractivity contribution in [2.45, 2.75) is 70.9 Å². The summed E-state index contributed by atoms with van der Waals surface area (Å²) in [4.78, 5) is 19.3. The van der Waals surface area contributed by atoms with Crippen LogP contribution in [0.3, 0.4) is 0 Å². The summed E-state index contributed by atoms with van der Waals surface area (Å²) in [5.41, 5.74) is 0. The number of nitrogens with one attached hydrogen (secondary N) is 1. The molecule has 5 nitrogen and oxygen atoms in total. The Balaban J connectivity index is 1.40. The average Bonchev–Trinajstić information content (AvgIpc) is 3.01. The first-order valence-electron chi connectivity index (χ1n) is 9.73. The Morgan fingerprint density at radius 2 is 2.04 bits per heavy atom. The quantitative estimate of drug-likeness (QED) is 0.871. The van der Waals surface area contributed by atoms with E-state index in [9.17, 15) is 4.79 Å². The van der Waals surface area contributed by atoms with E-state index in [1.54, 1.807) is 0 Å². The number of aromatic nitrogens is 2. The number of carbonyl (C=O) groups excluding carboxylic acids is 1. The van der Waals surface area contributed by atoms with Gasteiger partial charge >= 0.3 is 0 Å². The summed E-state index contributed by atoms with van der Waals surface area (Å²) in [6, 6.07) is 0.436. The standard InChI is InChI=1S/C19H32N4O/c1-16-20-10-14-23(16)13-6-12-22-11-5-7-17(15-22)19(24)21-18-8-3-2-4-9-18/h10,14,17-18H,2-9,11-13,15H2,1H3,(H,21,24). The third kappa shape index (κ3) is 4.82. The van der Waals surface area contributed by atoms with Gasteiger partial charge in [0.15, 0.2) is 0 Å². The molecule has 0 spiro atoms. The Morgan fingerprint density at radius 3 is 2.79 bits per heavy atom. The van der Waals surface area contributed by atoms with E-state index in [1.807, 2.05) is 19.3 Å². The largest absolute Gasteiger partial charge is 0.353 e. The van der Waals surface area contributed by atoms with Crippen molar-refractivity contribution in [1.29, 1.82) is 0 Å². The lowest BCUT2D eigenvalue weighted by molar-refractivity contribution is -0.127. The summed E-state index contributed by atoms with van der Waals surface area (Å²) in [6.07, 6.45) is 13.5. The number of imidazole rings is 1. The lowest BCUT2D eigenvalue weighted by Gasteiger charge is -2.33. The first-order valence-corrected chi connectivity index (χ1v) is 9.73. The first-order chi connectivity index (χ1) is 11.7. The van der Waals surface area contributed by atoms with Crippen molar-refractivity contribution in [3.8, 4) is 0 Å². The second-order valence-corrected chi connectivity index (χ2v) is 7.50. The van der Waals surface area contributed by atoms with Crippen LogP contribution in [0.1, 0.15) is 57.2 Å². The topological polar surface area (TPSA) is 50.2 Å². The Labute approximate surface area is 145 Å². The SMILES string of the molecule is Cc1nccn1CCCN1CCCC(C(=O)NC2CCCCC2)C1. The van der Waals surface area contributed by atoms with Gasteiger partial charge in [-0.1, -0.05) is 19.3 Å². The monoisotopic (exact) mass is 332 g/mol. The van der Waals surface area contributed by atoms with Crippen molar-refractivity contribution < 1.29 is 4.79 Å². The Hall–Kier alpha value is -1.36. The molecule has 0 bridgehead atoms. The zero-order valence-corrected chi connectivity index (χ0v) is 15.0. The maximum atomic E-state index is 12.6. The molecule has 1 aliphatic heterocycles. The lowest BCUT2D eigenvalue weighted by atomic mass is 9.93. The molecular weight excluding hydrogens is 300 g/mol. The highest BCUT2D eigenvalue weighted by Crippen LogP contribution is 2.21. The fourth-order valence-electron chi connectivity index (χ4n) is 4.14. The molecule has 5 heteroatoms. The molecule has 1 atom stereocenters. The number of carbonyl (C=O) groups is 1. The molecule has 1 aromatic heterocycles. The molecule has 2 aliphatic rings. The van der Waals surface area contributed by atoms with E-state index in [4.69, 9.17) is 0 Å². The number of hydrogen-bond acceptors (Lipinski definition) is 3. The molecule has 0 radical (unpaired) electrons. The molecule has 1 saturated carbocycles. The first kappa shape index (κ1) is 17.5. The Bertz CT molecular complexity index is 521. The normalized spacial score (nSPS) is 23.3. The van der Waals surface area contributed by atoms with Gasteiger partial charge in [-0.05, 0) is 52.1 Å². The van der Waals surface area contributed by atoms with Crippen molar-refractivity contribution in [3.05, 3.63) is 18.2 Å². The van der Waals surface area contributed by atoms with Crippen LogP contribution in [-0.4, -0.2) is 46.0 Å². The number of likely N-dealkylation sites (tertiary alicyclic amines) is 1. The zero-order valence-electron chi connectivity index (χ0n) is 15.0. The summed E-state index contributed by atoms with van der Waals surface area (Å²) >= 11 is 0. The van der Waals surface area contributed by atoms with Crippen LogP contribution in [-0.2, 0) is 11.3 Å². The number of amides is 1. The summed E-state index contributed by atoms with van der Waals surface area (Å²) in [7, 11) is 0. The van der Waals surface area contributed by atoms with Crippen molar-refractivity contribution in [2.24, 2.45) is 5.92 Å². The average molecular weight is 332 g/mol. The molecule has 24 heavy (non-hydrogen) atoms. The molecule has 2 fully saturated rings. The van der Waals surface area contributed by atoms with Crippen LogP contribution >= 0.6 is 0 Å². The maximum absolute atomic E-state index is 12.6. The number of rotatable bonds is 6. The fourth-order valence-corrected chi connectivity index (χ4v) is 4.14. The van der Waals surface area contributed by atoms with E-state index in [2.05, 4.69) is 19.8 Å². The van der Waals surface area contributed by atoms with Crippen molar-refractivity contribution >= 4 is 5.91 Å². The third-order valence-corrected chi connectivity index (χ3v) is 5.62. The van der Waals surface area contributed by atoms with E-state index < -0.39 is 0 Å². The van der Waals surface area contributed by atoms with Crippen LogP contribution in [0.25, 0.3) is 0 Å². The third-order valence-electron chi connectivity index (χ3n) is 5.62. The van der Waals surface area contributed by atoms with Gasteiger partial charge in [-0.2, -0.15) is 0 Å². The summed E-state index contributed by atoms with van der Waals surface area (Å²) in [5, 5.41) is 3.32. The van der Waals surface area contributed by atoms with E-state index in [0.717, 1.165) is 51.3 Å². The van der Waals surface area contributed by atoms with Crippen molar-refractivity contribution in [1.82, 2.24) is 19.8 Å². The zero-order chi connectivity index (χ0) is 16.8. The van der Waals surface area contributed by atoms with Gasteiger partial charge in [0.05, 0.1) is 5.92 Å². The summed E-state index contributed by atoms with van der Waals surface area (Å²) < 4.78 is 2.21. The summed E-state index contributed by atoms with van der Waals surface area (Å²) in [5.74, 6) is 1.58. The van der Waals surface area contributed by atoms with Gasteiger partial charge in [-0.15, -0.1) is 0 Å². The molecular formula is C19H32N4O. The molecule has 1 amide bonds. The number of piperidine rings is 1. The van der Waals surface area contributed by atoms with Gasteiger partial charge < -0.3 is 14.8 Å². The van der Waals surface area contributed by atoms with Crippen LogP contribution in [0.4, 0.5) is 0 Å².